The van der Waals surface area contributed by atoms with Gasteiger partial charge < -0.3 is 25.4 Å². The molecule has 0 bridgehead atoms. The first-order chi connectivity index (χ1) is 22.7. The highest BCUT2D eigenvalue weighted by atomic mass is 31.2. The Morgan fingerprint density at radius 2 is 1.25 bits per heavy atom. The van der Waals surface area contributed by atoms with Crippen molar-refractivity contribution in [3.63, 3.8) is 0 Å². The molecule has 0 heterocycles. The Hall–Kier alpha value is -2.95. The van der Waals surface area contributed by atoms with Crippen LogP contribution in [0.4, 0.5) is 0 Å². The van der Waals surface area contributed by atoms with Crippen molar-refractivity contribution in [1.82, 2.24) is 20.9 Å². The Kier molecular flexibility index (Phi) is 21.0. The molecule has 0 aromatic heterocycles. The Balaban J connectivity index is 2.92. The number of carbonyl (C=O) groups excluding carboxylic acids is 4. The standard InChI is InChI=1S/C35H61N4O8P/c1-7-9-11-13-15-17-23-39(24-18-16-14-12-10-8-2)35(43)27(5)36-34(42)32(26(3)4)38-33(41)31(37-28(6)40)25-29-19-21-30(22-20-29)47-48(44,45)46/h19-22,26-27,31-32H,7-18,23-25H2,1-6H3,(H,36,42)(H,37,40)(H,38,41)(H2,44,45,46)/t27-,31+,32+/m1/s1. The molecular formula is C35H61N4O8P. The minimum atomic E-state index is -4.73. The van der Waals surface area contributed by atoms with E-state index in [1.807, 2.05) is 4.90 Å². The van der Waals surface area contributed by atoms with Gasteiger partial charge in [0.2, 0.25) is 23.6 Å². The summed E-state index contributed by atoms with van der Waals surface area (Å²) in [5, 5.41) is 8.19. The van der Waals surface area contributed by atoms with Crippen LogP contribution in [0.5, 0.6) is 5.75 Å². The summed E-state index contributed by atoms with van der Waals surface area (Å²) in [5.41, 5.74) is 0.586. The number of hydrogen-bond acceptors (Lipinski definition) is 6. The second-order valence-electron chi connectivity index (χ2n) is 13.0. The molecule has 274 valence electrons. The van der Waals surface area contributed by atoms with Crippen LogP contribution in [0.2, 0.25) is 0 Å². The molecule has 3 atom stereocenters. The normalized spacial score (nSPS) is 13.4. The lowest BCUT2D eigenvalue weighted by atomic mass is 10.0. The Morgan fingerprint density at radius 1 is 0.750 bits per heavy atom. The summed E-state index contributed by atoms with van der Waals surface area (Å²) in [6, 6.07) is 2.97. The second kappa shape index (κ2) is 23.4. The molecule has 12 nitrogen and oxygen atoms in total. The Morgan fingerprint density at radius 3 is 1.71 bits per heavy atom. The predicted molar refractivity (Wildman–Crippen MR) is 188 cm³/mol. The summed E-state index contributed by atoms with van der Waals surface area (Å²) in [7, 11) is -4.73. The van der Waals surface area contributed by atoms with Crippen molar-refractivity contribution in [3.8, 4) is 5.75 Å². The molecule has 1 rings (SSSR count). The van der Waals surface area contributed by atoms with Gasteiger partial charge in [-0.15, -0.1) is 0 Å². The summed E-state index contributed by atoms with van der Waals surface area (Å²) in [6.45, 7) is 12.2. The number of hydrogen-bond donors (Lipinski definition) is 5. The number of nitrogens with one attached hydrogen (secondary N) is 3. The van der Waals surface area contributed by atoms with Gasteiger partial charge in [-0.2, -0.15) is 0 Å². The number of unbranched alkanes of at least 4 members (excludes halogenated alkanes) is 10. The lowest BCUT2D eigenvalue weighted by Crippen LogP contribution is -2.58. The van der Waals surface area contributed by atoms with Gasteiger partial charge in [0.05, 0.1) is 0 Å². The molecule has 5 N–H and O–H groups in total. The fourth-order valence-electron chi connectivity index (χ4n) is 5.44. The van der Waals surface area contributed by atoms with Gasteiger partial charge in [0, 0.05) is 26.4 Å². The van der Waals surface area contributed by atoms with Crippen LogP contribution in [-0.2, 0) is 30.2 Å². The molecule has 0 aliphatic carbocycles. The summed E-state index contributed by atoms with van der Waals surface area (Å²) in [5.74, 6) is -2.02. The van der Waals surface area contributed by atoms with Crippen molar-refractivity contribution >= 4 is 31.5 Å². The van der Waals surface area contributed by atoms with Crippen LogP contribution in [0.15, 0.2) is 24.3 Å². The largest absolute Gasteiger partial charge is 0.524 e. The van der Waals surface area contributed by atoms with Gasteiger partial charge in [-0.25, -0.2) is 4.57 Å². The molecule has 0 saturated heterocycles. The van der Waals surface area contributed by atoms with E-state index in [0.29, 0.717) is 18.7 Å². The molecule has 0 aliphatic heterocycles. The van der Waals surface area contributed by atoms with Crippen molar-refractivity contribution in [2.24, 2.45) is 5.92 Å². The molecule has 1 aromatic carbocycles. The molecule has 48 heavy (non-hydrogen) atoms. The van der Waals surface area contributed by atoms with E-state index in [0.717, 1.165) is 38.5 Å². The first-order valence-electron chi connectivity index (χ1n) is 17.7. The van der Waals surface area contributed by atoms with Crippen LogP contribution in [0.25, 0.3) is 0 Å². The maximum Gasteiger partial charge on any atom is 0.524 e. The third-order valence-corrected chi connectivity index (χ3v) is 8.58. The third kappa shape index (κ3) is 18.6. The average Bonchev–Trinajstić information content (AvgIpc) is 3.01. The third-order valence-electron chi connectivity index (χ3n) is 8.13. The van der Waals surface area contributed by atoms with Crippen LogP contribution < -0.4 is 20.5 Å². The number of carbonyl (C=O) groups is 4. The van der Waals surface area contributed by atoms with E-state index in [1.54, 1.807) is 20.8 Å². The lowest BCUT2D eigenvalue weighted by Gasteiger charge is -2.29. The van der Waals surface area contributed by atoms with Gasteiger partial charge in [-0.1, -0.05) is 104 Å². The molecule has 0 spiro atoms. The lowest BCUT2D eigenvalue weighted by molar-refractivity contribution is -0.137. The van der Waals surface area contributed by atoms with Gasteiger partial charge in [-0.05, 0) is 43.4 Å². The number of phosphoric acid groups is 1. The smallest absolute Gasteiger partial charge is 0.404 e. The van der Waals surface area contributed by atoms with Crippen LogP contribution in [0.3, 0.4) is 0 Å². The monoisotopic (exact) mass is 696 g/mol. The highest BCUT2D eigenvalue weighted by molar-refractivity contribution is 7.46. The molecule has 0 saturated carbocycles. The van der Waals surface area contributed by atoms with Crippen molar-refractivity contribution in [3.05, 3.63) is 29.8 Å². The van der Waals surface area contributed by atoms with Gasteiger partial charge in [0.15, 0.2) is 0 Å². The zero-order chi connectivity index (χ0) is 36.1. The molecule has 13 heteroatoms. The molecule has 0 radical (unpaired) electrons. The molecular weight excluding hydrogens is 635 g/mol. The number of rotatable bonds is 25. The van der Waals surface area contributed by atoms with E-state index < -0.39 is 43.7 Å². The molecule has 0 unspecified atom stereocenters. The topological polar surface area (TPSA) is 174 Å². The SMILES string of the molecule is CCCCCCCCN(CCCCCCCC)C(=O)[C@@H](C)NC(=O)[C@@H](NC(=O)[C@H](Cc1ccc(OP(=O)(O)O)cc1)NC(C)=O)C(C)C. The van der Waals surface area contributed by atoms with Crippen molar-refractivity contribution in [2.75, 3.05) is 13.1 Å². The van der Waals surface area contributed by atoms with Crippen LogP contribution in [-0.4, -0.2) is 69.5 Å². The number of amides is 4. The van der Waals surface area contributed by atoms with Gasteiger partial charge in [0.1, 0.15) is 23.9 Å². The fourth-order valence-corrected chi connectivity index (χ4v) is 5.84. The van der Waals surface area contributed by atoms with Gasteiger partial charge >= 0.3 is 7.82 Å². The van der Waals surface area contributed by atoms with Crippen molar-refractivity contribution in [1.29, 1.82) is 0 Å². The summed E-state index contributed by atoms with van der Waals surface area (Å²) in [4.78, 5) is 72.3. The van der Waals surface area contributed by atoms with E-state index in [-0.39, 0.29) is 24.0 Å². The summed E-state index contributed by atoms with van der Waals surface area (Å²) in [6.07, 6.45) is 13.5. The van der Waals surface area contributed by atoms with E-state index in [9.17, 15) is 23.7 Å². The first kappa shape index (κ1) is 43.1. The summed E-state index contributed by atoms with van der Waals surface area (Å²) < 4.78 is 15.7. The Labute approximate surface area is 287 Å². The average molecular weight is 697 g/mol. The highest BCUT2D eigenvalue weighted by Gasteiger charge is 2.31. The maximum atomic E-state index is 13.6. The van der Waals surface area contributed by atoms with Crippen LogP contribution >= 0.6 is 7.82 Å². The zero-order valence-corrected chi connectivity index (χ0v) is 30.9. The van der Waals surface area contributed by atoms with Gasteiger partial charge in [-0.3, -0.25) is 29.0 Å². The molecule has 4 amide bonds. The van der Waals surface area contributed by atoms with E-state index >= 15 is 0 Å². The zero-order valence-electron chi connectivity index (χ0n) is 30.0. The van der Waals surface area contributed by atoms with Crippen molar-refractivity contribution < 1.29 is 38.1 Å². The van der Waals surface area contributed by atoms with Crippen molar-refractivity contribution in [2.45, 2.75) is 143 Å². The minimum Gasteiger partial charge on any atom is -0.404 e. The number of phosphoric ester groups is 1. The second-order valence-corrected chi connectivity index (χ2v) is 14.2. The molecule has 0 aliphatic rings. The minimum absolute atomic E-state index is 0.0504. The highest BCUT2D eigenvalue weighted by Crippen LogP contribution is 2.37. The van der Waals surface area contributed by atoms with E-state index in [1.165, 1.54) is 69.7 Å². The maximum absolute atomic E-state index is 13.6. The number of benzene rings is 1. The van der Waals surface area contributed by atoms with Gasteiger partial charge in [0.25, 0.3) is 0 Å². The fraction of sp³-hybridized carbons (Fsp3) is 0.714. The Bertz CT molecular complexity index is 1140. The van der Waals surface area contributed by atoms with Crippen LogP contribution in [0, 0.1) is 5.92 Å². The molecule has 1 aromatic rings. The first-order valence-corrected chi connectivity index (χ1v) is 19.2. The quantitative estimate of drug-likeness (QED) is 0.0667. The summed E-state index contributed by atoms with van der Waals surface area (Å²) >= 11 is 0. The van der Waals surface area contributed by atoms with Crippen LogP contribution in [0.1, 0.15) is 124 Å². The van der Waals surface area contributed by atoms with E-state index in [2.05, 4.69) is 34.3 Å². The van der Waals surface area contributed by atoms with E-state index in [4.69, 9.17) is 9.79 Å². The molecule has 0 fully saturated rings. The number of nitrogens with zero attached hydrogens (tertiary/aromatic N) is 1. The predicted octanol–water partition coefficient (Wildman–Crippen LogP) is 5.40.